The summed E-state index contributed by atoms with van der Waals surface area (Å²) in [7, 11) is 0. The van der Waals surface area contributed by atoms with Gasteiger partial charge in [-0.3, -0.25) is 4.79 Å². The standard InChI is InChI=1S/C17H16N2O3/c1-11(8-13-4-7-15(20)16(21)9-13)19-17(22)14-5-2-12(10-18)3-6-14/h2-7,9,11,20-21H,8H2,1H3,(H,19,22)/t11-/m1/s1. The van der Waals surface area contributed by atoms with Crippen LogP contribution in [0.2, 0.25) is 0 Å². The molecule has 0 saturated heterocycles. The summed E-state index contributed by atoms with van der Waals surface area (Å²) in [6, 6.07) is 12.8. The van der Waals surface area contributed by atoms with Gasteiger partial charge in [0.2, 0.25) is 0 Å². The SMILES string of the molecule is C[C@H](Cc1ccc(O)c(O)c1)NC(=O)c1ccc(C#N)cc1. The lowest BCUT2D eigenvalue weighted by Crippen LogP contribution is -2.34. The minimum absolute atomic E-state index is 0.146. The molecule has 3 N–H and O–H groups in total. The Morgan fingerprint density at radius 3 is 2.45 bits per heavy atom. The van der Waals surface area contributed by atoms with Crippen LogP contribution >= 0.6 is 0 Å². The minimum Gasteiger partial charge on any atom is -0.504 e. The molecule has 0 bridgehead atoms. The van der Waals surface area contributed by atoms with Crippen molar-refractivity contribution in [1.82, 2.24) is 5.32 Å². The maximum Gasteiger partial charge on any atom is 0.251 e. The van der Waals surface area contributed by atoms with E-state index in [9.17, 15) is 15.0 Å². The smallest absolute Gasteiger partial charge is 0.251 e. The summed E-state index contributed by atoms with van der Waals surface area (Å²) >= 11 is 0. The van der Waals surface area contributed by atoms with Crippen LogP contribution in [0.15, 0.2) is 42.5 Å². The van der Waals surface area contributed by atoms with Crippen molar-refractivity contribution in [3.63, 3.8) is 0 Å². The monoisotopic (exact) mass is 296 g/mol. The van der Waals surface area contributed by atoms with Crippen LogP contribution in [0.1, 0.15) is 28.4 Å². The molecule has 0 fully saturated rings. The number of phenolic OH excluding ortho intramolecular Hbond substituents is 2. The summed E-state index contributed by atoms with van der Waals surface area (Å²) in [6.45, 7) is 1.85. The molecule has 0 unspecified atom stereocenters. The summed E-state index contributed by atoms with van der Waals surface area (Å²) in [4.78, 5) is 12.1. The third kappa shape index (κ3) is 3.76. The van der Waals surface area contributed by atoms with E-state index in [1.54, 1.807) is 30.3 Å². The first-order valence-corrected chi connectivity index (χ1v) is 6.81. The number of nitriles is 1. The molecular formula is C17H16N2O3. The predicted molar refractivity (Wildman–Crippen MR) is 81.6 cm³/mol. The van der Waals surface area contributed by atoms with E-state index in [1.165, 1.54) is 12.1 Å². The molecule has 112 valence electrons. The van der Waals surface area contributed by atoms with Gasteiger partial charge in [-0.1, -0.05) is 6.07 Å². The Morgan fingerprint density at radius 2 is 1.86 bits per heavy atom. The summed E-state index contributed by atoms with van der Waals surface area (Å²) < 4.78 is 0. The third-order valence-corrected chi connectivity index (χ3v) is 3.24. The highest BCUT2D eigenvalue weighted by Crippen LogP contribution is 2.25. The molecule has 22 heavy (non-hydrogen) atoms. The molecule has 2 rings (SSSR count). The second-order valence-electron chi connectivity index (χ2n) is 5.09. The lowest BCUT2D eigenvalue weighted by Gasteiger charge is -2.14. The molecule has 1 amide bonds. The zero-order valence-corrected chi connectivity index (χ0v) is 12.1. The Bertz CT molecular complexity index is 718. The van der Waals surface area contributed by atoms with Crippen molar-refractivity contribution < 1.29 is 15.0 Å². The fraction of sp³-hybridized carbons (Fsp3) is 0.176. The first-order valence-electron chi connectivity index (χ1n) is 6.81. The highest BCUT2D eigenvalue weighted by molar-refractivity contribution is 5.94. The fourth-order valence-corrected chi connectivity index (χ4v) is 2.10. The summed E-state index contributed by atoms with van der Waals surface area (Å²) in [6.07, 6.45) is 0.524. The Morgan fingerprint density at radius 1 is 1.18 bits per heavy atom. The second-order valence-corrected chi connectivity index (χ2v) is 5.09. The van der Waals surface area contributed by atoms with E-state index in [-0.39, 0.29) is 23.4 Å². The molecule has 0 heterocycles. The molecule has 0 radical (unpaired) electrons. The van der Waals surface area contributed by atoms with Crippen molar-refractivity contribution in [3.8, 4) is 17.6 Å². The van der Waals surface area contributed by atoms with Gasteiger partial charge in [-0.25, -0.2) is 0 Å². The number of phenols is 2. The zero-order chi connectivity index (χ0) is 16.1. The Balaban J connectivity index is 1.98. The van der Waals surface area contributed by atoms with E-state index in [0.29, 0.717) is 17.5 Å². The van der Waals surface area contributed by atoms with Crippen LogP contribution in [0, 0.1) is 11.3 Å². The molecular weight excluding hydrogens is 280 g/mol. The largest absolute Gasteiger partial charge is 0.504 e. The van der Waals surface area contributed by atoms with Crippen LogP contribution < -0.4 is 5.32 Å². The second kappa shape index (κ2) is 6.64. The lowest BCUT2D eigenvalue weighted by atomic mass is 10.1. The lowest BCUT2D eigenvalue weighted by molar-refractivity contribution is 0.0940. The van der Waals surface area contributed by atoms with Gasteiger partial charge in [0.25, 0.3) is 5.91 Å². The van der Waals surface area contributed by atoms with E-state index in [1.807, 2.05) is 13.0 Å². The van der Waals surface area contributed by atoms with Crippen LogP contribution in [-0.4, -0.2) is 22.2 Å². The first-order chi connectivity index (χ1) is 10.5. The number of rotatable bonds is 4. The minimum atomic E-state index is -0.222. The molecule has 0 spiro atoms. The van der Waals surface area contributed by atoms with Gasteiger partial charge in [-0.05, 0) is 55.3 Å². The van der Waals surface area contributed by atoms with Gasteiger partial charge in [0.15, 0.2) is 11.5 Å². The molecule has 0 aliphatic carbocycles. The first kappa shape index (κ1) is 15.4. The van der Waals surface area contributed by atoms with E-state index in [2.05, 4.69) is 5.32 Å². The molecule has 1 atom stereocenters. The van der Waals surface area contributed by atoms with Gasteiger partial charge in [0, 0.05) is 11.6 Å². The average molecular weight is 296 g/mol. The number of carbonyl (C=O) groups is 1. The van der Waals surface area contributed by atoms with Gasteiger partial charge in [-0.15, -0.1) is 0 Å². The zero-order valence-electron chi connectivity index (χ0n) is 12.1. The third-order valence-electron chi connectivity index (χ3n) is 3.24. The number of nitrogens with one attached hydrogen (secondary N) is 1. The Kier molecular flexibility index (Phi) is 4.64. The van der Waals surface area contributed by atoms with Crippen molar-refractivity contribution in [3.05, 3.63) is 59.2 Å². The van der Waals surface area contributed by atoms with Gasteiger partial charge >= 0.3 is 0 Å². The fourth-order valence-electron chi connectivity index (χ4n) is 2.10. The van der Waals surface area contributed by atoms with Crippen molar-refractivity contribution >= 4 is 5.91 Å². The highest BCUT2D eigenvalue weighted by Gasteiger charge is 2.11. The van der Waals surface area contributed by atoms with Crippen molar-refractivity contribution in [1.29, 1.82) is 5.26 Å². The summed E-state index contributed by atoms with van der Waals surface area (Å²) in [5.41, 5.74) is 1.80. The quantitative estimate of drug-likeness (QED) is 0.755. The molecule has 0 saturated carbocycles. The van der Waals surface area contributed by atoms with E-state index in [4.69, 9.17) is 5.26 Å². The normalized spacial score (nSPS) is 11.5. The topological polar surface area (TPSA) is 93.3 Å². The average Bonchev–Trinajstić information content (AvgIpc) is 2.51. The molecule has 0 aliphatic heterocycles. The van der Waals surface area contributed by atoms with Crippen LogP contribution in [0.4, 0.5) is 0 Å². The number of nitrogens with zero attached hydrogens (tertiary/aromatic N) is 1. The number of hydrogen-bond donors (Lipinski definition) is 3. The molecule has 5 nitrogen and oxygen atoms in total. The highest BCUT2D eigenvalue weighted by atomic mass is 16.3. The van der Waals surface area contributed by atoms with Crippen LogP contribution in [-0.2, 0) is 6.42 Å². The maximum atomic E-state index is 12.1. The molecule has 2 aromatic carbocycles. The van der Waals surface area contributed by atoms with E-state index < -0.39 is 0 Å². The predicted octanol–water partition coefficient (Wildman–Crippen LogP) is 2.33. The van der Waals surface area contributed by atoms with Crippen molar-refractivity contribution in [2.24, 2.45) is 0 Å². The summed E-state index contributed by atoms with van der Waals surface area (Å²) in [5, 5.41) is 30.3. The summed E-state index contributed by atoms with van der Waals surface area (Å²) in [5.74, 6) is -0.568. The van der Waals surface area contributed by atoms with E-state index >= 15 is 0 Å². The number of benzene rings is 2. The van der Waals surface area contributed by atoms with Crippen LogP contribution in [0.3, 0.4) is 0 Å². The van der Waals surface area contributed by atoms with Gasteiger partial charge in [0.05, 0.1) is 11.6 Å². The van der Waals surface area contributed by atoms with Crippen LogP contribution in [0.5, 0.6) is 11.5 Å². The Hall–Kier alpha value is -3.00. The molecule has 2 aromatic rings. The van der Waals surface area contributed by atoms with Crippen molar-refractivity contribution in [2.75, 3.05) is 0 Å². The number of aromatic hydroxyl groups is 2. The number of carbonyl (C=O) groups excluding carboxylic acids is 1. The number of amides is 1. The molecule has 0 aromatic heterocycles. The van der Waals surface area contributed by atoms with Crippen molar-refractivity contribution in [2.45, 2.75) is 19.4 Å². The van der Waals surface area contributed by atoms with E-state index in [0.717, 1.165) is 5.56 Å². The van der Waals surface area contributed by atoms with Gasteiger partial charge in [0.1, 0.15) is 0 Å². The number of hydrogen-bond acceptors (Lipinski definition) is 4. The molecule has 0 aliphatic rings. The van der Waals surface area contributed by atoms with Gasteiger partial charge < -0.3 is 15.5 Å². The van der Waals surface area contributed by atoms with Gasteiger partial charge in [-0.2, -0.15) is 5.26 Å². The maximum absolute atomic E-state index is 12.1. The Labute approximate surface area is 128 Å². The van der Waals surface area contributed by atoms with Crippen LogP contribution in [0.25, 0.3) is 0 Å². The molecule has 5 heteroatoms.